The summed E-state index contributed by atoms with van der Waals surface area (Å²) in [5.74, 6) is -0.348. The topological polar surface area (TPSA) is 71.1 Å². The van der Waals surface area contributed by atoms with Gasteiger partial charge in [-0.1, -0.05) is 13.3 Å². The first-order chi connectivity index (χ1) is 10.4. The van der Waals surface area contributed by atoms with Crippen molar-refractivity contribution >= 4 is 39.1 Å². The second-order valence-corrected chi connectivity index (χ2v) is 6.36. The molecule has 2 heterocycles. The molecule has 0 aromatic carbocycles. The van der Waals surface area contributed by atoms with Crippen LogP contribution in [0.2, 0.25) is 0 Å². The Morgan fingerprint density at radius 2 is 2.05 bits per heavy atom. The van der Waals surface area contributed by atoms with Crippen molar-refractivity contribution in [1.29, 1.82) is 0 Å². The molecule has 0 spiro atoms. The molecule has 0 unspecified atom stereocenters. The Morgan fingerprint density at radius 1 is 1.32 bits per heavy atom. The summed E-state index contributed by atoms with van der Waals surface area (Å²) in [4.78, 5) is 29.7. The highest BCUT2D eigenvalue weighted by atomic mass is 32.1. The Labute approximate surface area is 134 Å². The van der Waals surface area contributed by atoms with Crippen LogP contribution in [0.15, 0.2) is 6.07 Å². The first kappa shape index (κ1) is 16.4. The number of aromatic nitrogens is 1. The molecule has 6 heteroatoms. The van der Waals surface area contributed by atoms with Gasteiger partial charge in [-0.25, -0.2) is 4.98 Å². The summed E-state index contributed by atoms with van der Waals surface area (Å²) in [7, 11) is 0. The zero-order chi connectivity index (χ0) is 16.3. The number of carbonyl (C=O) groups is 2. The molecule has 0 fully saturated rings. The second-order valence-electron chi connectivity index (χ2n) is 5.36. The van der Waals surface area contributed by atoms with Gasteiger partial charge in [0.05, 0.1) is 5.69 Å². The maximum atomic E-state index is 12.4. The minimum absolute atomic E-state index is 0.155. The van der Waals surface area contributed by atoms with Gasteiger partial charge in [0.25, 0.3) is 5.91 Å². The lowest BCUT2D eigenvalue weighted by Crippen LogP contribution is -2.24. The lowest BCUT2D eigenvalue weighted by atomic mass is 10.1. The molecule has 2 aromatic rings. The number of aryl methyl sites for hydroxylation is 2. The van der Waals surface area contributed by atoms with Gasteiger partial charge in [0, 0.05) is 24.5 Å². The average Bonchev–Trinajstić information content (AvgIpc) is 2.76. The van der Waals surface area contributed by atoms with Gasteiger partial charge in [0.15, 0.2) is 0 Å². The number of nitrogens with one attached hydrogen (secondary N) is 2. The largest absolute Gasteiger partial charge is 0.351 e. The Hall–Kier alpha value is -1.95. The van der Waals surface area contributed by atoms with Crippen LogP contribution < -0.4 is 10.6 Å². The summed E-state index contributed by atoms with van der Waals surface area (Å²) >= 11 is 1.32. The van der Waals surface area contributed by atoms with Crippen LogP contribution in [0.3, 0.4) is 0 Å². The predicted molar refractivity (Wildman–Crippen MR) is 90.6 cm³/mol. The number of hydrogen-bond donors (Lipinski definition) is 2. The number of unbranched alkanes of at least 4 members (excludes halogenated alkanes) is 1. The molecular weight excluding hydrogens is 298 g/mol. The predicted octanol–water partition coefficient (Wildman–Crippen LogP) is 3.40. The summed E-state index contributed by atoms with van der Waals surface area (Å²) < 4.78 is 0. The minimum atomic E-state index is -0.192. The van der Waals surface area contributed by atoms with Gasteiger partial charge in [-0.3, -0.25) is 9.59 Å². The van der Waals surface area contributed by atoms with E-state index >= 15 is 0 Å². The van der Waals surface area contributed by atoms with Crippen LogP contribution in [0, 0.1) is 13.8 Å². The van der Waals surface area contributed by atoms with E-state index in [4.69, 9.17) is 0 Å². The molecule has 0 saturated carbocycles. The third-order valence-electron chi connectivity index (χ3n) is 3.31. The van der Waals surface area contributed by atoms with Gasteiger partial charge < -0.3 is 10.6 Å². The van der Waals surface area contributed by atoms with Crippen LogP contribution in [0.25, 0.3) is 10.2 Å². The van der Waals surface area contributed by atoms with E-state index in [0.29, 0.717) is 17.1 Å². The summed E-state index contributed by atoms with van der Waals surface area (Å²) in [5, 5.41) is 6.55. The van der Waals surface area contributed by atoms with E-state index in [1.807, 2.05) is 19.9 Å². The maximum absolute atomic E-state index is 12.4. The quantitative estimate of drug-likeness (QED) is 0.830. The van der Waals surface area contributed by atoms with Gasteiger partial charge in [-0.05, 0) is 31.9 Å². The fourth-order valence-electron chi connectivity index (χ4n) is 2.36. The smallest absolute Gasteiger partial charge is 0.263 e. The lowest BCUT2D eigenvalue weighted by Gasteiger charge is -2.07. The second kappa shape index (κ2) is 6.87. The number of pyridine rings is 1. The van der Waals surface area contributed by atoms with Crippen LogP contribution >= 0.6 is 11.3 Å². The molecule has 0 aliphatic heterocycles. The number of thiophene rings is 1. The number of carbonyl (C=O) groups excluding carboxylic acids is 2. The van der Waals surface area contributed by atoms with Crippen molar-refractivity contribution in [3.8, 4) is 0 Å². The van der Waals surface area contributed by atoms with Crippen molar-refractivity contribution in [2.45, 2.75) is 40.5 Å². The molecule has 22 heavy (non-hydrogen) atoms. The molecule has 0 radical (unpaired) electrons. The fourth-order valence-corrected chi connectivity index (χ4v) is 3.52. The Balaban J connectivity index is 2.50. The van der Waals surface area contributed by atoms with E-state index in [9.17, 15) is 9.59 Å². The molecule has 0 bridgehead atoms. The van der Waals surface area contributed by atoms with Crippen LogP contribution in [0.5, 0.6) is 0 Å². The summed E-state index contributed by atoms with van der Waals surface area (Å²) in [6, 6.07) is 1.96. The number of nitrogens with zero attached hydrogens (tertiary/aromatic N) is 1. The molecule has 118 valence electrons. The number of hydrogen-bond acceptors (Lipinski definition) is 4. The molecule has 0 saturated heterocycles. The SMILES string of the molecule is CCCCNC(=O)c1sc2nc(C)cc(C)c2c1NC(C)=O. The molecule has 0 aliphatic rings. The van der Waals surface area contributed by atoms with Crippen LogP contribution in [0.1, 0.15) is 47.6 Å². The van der Waals surface area contributed by atoms with Gasteiger partial charge in [-0.15, -0.1) is 11.3 Å². The molecule has 5 nitrogen and oxygen atoms in total. The Bertz CT molecular complexity index is 722. The van der Waals surface area contributed by atoms with E-state index in [0.717, 1.165) is 34.3 Å². The van der Waals surface area contributed by atoms with Gasteiger partial charge in [0.2, 0.25) is 5.91 Å². The summed E-state index contributed by atoms with van der Waals surface area (Å²) in [5.41, 5.74) is 2.49. The molecule has 2 N–H and O–H groups in total. The maximum Gasteiger partial charge on any atom is 0.263 e. The van der Waals surface area contributed by atoms with E-state index in [1.54, 1.807) is 0 Å². The van der Waals surface area contributed by atoms with Crippen molar-refractivity contribution in [1.82, 2.24) is 10.3 Å². The van der Waals surface area contributed by atoms with E-state index in [-0.39, 0.29) is 11.8 Å². The molecular formula is C16H21N3O2S. The lowest BCUT2D eigenvalue weighted by molar-refractivity contribution is -0.114. The van der Waals surface area contributed by atoms with Crippen molar-refractivity contribution in [2.75, 3.05) is 11.9 Å². The number of fused-ring (bicyclic) bond motifs is 1. The van der Waals surface area contributed by atoms with Crippen molar-refractivity contribution in [2.24, 2.45) is 0 Å². The zero-order valence-corrected chi connectivity index (χ0v) is 14.2. The number of rotatable bonds is 5. The first-order valence-corrected chi connectivity index (χ1v) is 8.22. The highest BCUT2D eigenvalue weighted by Gasteiger charge is 2.21. The van der Waals surface area contributed by atoms with Crippen LogP contribution in [0.4, 0.5) is 5.69 Å². The molecule has 2 aromatic heterocycles. The van der Waals surface area contributed by atoms with Gasteiger partial charge in [0.1, 0.15) is 9.71 Å². The van der Waals surface area contributed by atoms with Gasteiger partial charge >= 0.3 is 0 Å². The molecule has 2 amide bonds. The Morgan fingerprint density at radius 3 is 2.68 bits per heavy atom. The third-order valence-corrected chi connectivity index (χ3v) is 4.39. The zero-order valence-electron chi connectivity index (χ0n) is 13.4. The first-order valence-electron chi connectivity index (χ1n) is 7.40. The minimum Gasteiger partial charge on any atom is -0.351 e. The normalized spacial score (nSPS) is 10.7. The molecule has 2 rings (SSSR count). The standard InChI is InChI=1S/C16H21N3O2S/c1-5-6-7-17-15(21)14-13(19-11(4)20)12-9(2)8-10(3)18-16(12)22-14/h8H,5-7H2,1-4H3,(H,17,21)(H,19,20). The van der Waals surface area contributed by atoms with Crippen molar-refractivity contribution < 1.29 is 9.59 Å². The average molecular weight is 319 g/mol. The highest BCUT2D eigenvalue weighted by Crippen LogP contribution is 2.37. The summed E-state index contributed by atoms with van der Waals surface area (Å²) in [6.45, 7) is 8.04. The highest BCUT2D eigenvalue weighted by molar-refractivity contribution is 7.21. The van der Waals surface area contributed by atoms with Crippen LogP contribution in [-0.2, 0) is 4.79 Å². The van der Waals surface area contributed by atoms with E-state index in [2.05, 4.69) is 22.5 Å². The number of anilines is 1. The van der Waals surface area contributed by atoms with Crippen molar-refractivity contribution in [3.05, 3.63) is 22.2 Å². The summed E-state index contributed by atoms with van der Waals surface area (Å²) in [6.07, 6.45) is 1.95. The molecule has 0 aliphatic carbocycles. The van der Waals surface area contributed by atoms with Crippen LogP contribution in [-0.4, -0.2) is 23.3 Å². The fraction of sp³-hybridized carbons (Fsp3) is 0.438. The monoisotopic (exact) mass is 319 g/mol. The van der Waals surface area contributed by atoms with E-state index in [1.165, 1.54) is 18.3 Å². The van der Waals surface area contributed by atoms with Gasteiger partial charge in [-0.2, -0.15) is 0 Å². The van der Waals surface area contributed by atoms with E-state index < -0.39 is 0 Å². The van der Waals surface area contributed by atoms with Crippen molar-refractivity contribution in [3.63, 3.8) is 0 Å². The Kier molecular flexibility index (Phi) is 5.13. The number of amides is 2. The molecule has 0 atom stereocenters. The third kappa shape index (κ3) is 3.44.